The van der Waals surface area contributed by atoms with Crippen LogP contribution in [-0.2, 0) is 4.74 Å². The largest absolute Gasteiger partial charge is 0.384 e. The Hall–Kier alpha value is -1.38. The molecule has 2 rings (SSSR count). The molecular weight excluding hydrogens is 234 g/mol. The molecule has 0 aromatic heterocycles. The van der Waals surface area contributed by atoms with Gasteiger partial charge in [-0.3, -0.25) is 0 Å². The van der Waals surface area contributed by atoms with E-state index >= 15 is 0 Å². The van der Waals surface area contributed by atoms with Crippen LogP contribution in [0, 0.1) is 5.92 Å². The highest BCUT2D eigenvalue weighted by Gasteiger charge is 2.13. The van der Waals surface area contributed by atoms with E-state index in [1.807, 2.05) is 7.05 Å². The van der Waals surface area contributed by atoms with Crippen molar-refractivity contribution >= 4 is 10.8 Å². The van der Waals surface area contributed by atoms with Gasteiger partial charge in [0, 0.05) is 19.8 Å². The average molecular weight is 257 g/mol. The molecule has 102 valence electrons. The number of methoxy groups -OCH3 is 1. The zero-order valence-corrected chi connectivity index (χ0v) is 12.0. The summed E-state index contributed by atoms with van der Waals surface area (Å²) in [7, 11) is 3.79. The standard InChI is InChI=1S/C17H23NO/c1-13(12-19-3)10-17(18-2)16-9-8-14-6-4-5-7-15(14)11-16/h4-9,11,13,17-18H,10,12H2,1-3H3. The molecule has 2 aromatic carbocycles. The molecule has 2 unspecified atom stereocenters. The van der Waals surface area contributed by atoms with E-state index in [0.717, 1.165) is 13.0 Å². The minimum atomic E-state index is 0.384. The highest BCUT2D eigenvalue weighted by atomic mass is 16.5. The quantitative estimate of drug-likeness (QED) is 0.850. The molecule has 2 heteroatoms. The second kappa shape index (κ2) is 6.69. The predicted molar refractivity (Wildman–Crippen MR) is 81.4 cm³/mol. The van der Waals surface area contributed by atoms with Crippen LogP contribution in [0.4, 0.5) is 0 Å². The molecule has 0 saturated carbocycles. The summed E-state index contributed by atoms with van der Waals surface area (Å²) in [6.45, 7) is 3.04. The van der Waals surface area contributed by atoms with E-state index in [2.05, 4.69) is 54.7 Å². The smallest absolute Gasteiger partial charge is 0.0488 e. The lowest BCUT2D eigenvalue weighted by Gasteiger charge is -2.21. The molecule has 2 atom stereocenters. The molecular formula is C17H23NO. The van der Waals surface area contributed by atoms with Gasteiger partial charge in [0.2, 0.25) is 0 Å². The molecule has 0 fully saturated rings. The van der Waals surface area contributed by atoms with Crippen molar-refractivity contribution in [3.05, 3.63) is 48.0 Å². The lowest BCUT2D eigenvalue weighted by atomic mass is 9.94. The van der Waals surface area contributed by atoms with Crippen LogP contribution in [0.15, 0.2) is 42.5 Å². The normalized spacial score (nSPS) is 14.5. The van der Waals surface area contributed by atoms with E-state index in [0.29, 0.717) is 12.0 Å². The van der Waals surface area contributed by atoms with Gasteiger partial charge in [-0.05, 0) is 41.8 Å². The van der Waals surface area contributed by atoms with Crippen LogP contribution in [0.25, 0.3) is 10.8 Å². The van der Waals surface area contributed by atoms with Gasteiger partial charge in [0.25, 0.3) is 0 Å². The minimum absolute atomic E-state index is 0.384. The molecule has 0 aliphatic carbocycles. The first-order valence-electron chi connectivity index (χ1n) is 6.89. The van der Waals surface area contributed by atoms with E-state index in [9.17, 15) is 0 Å². The van der Waals surface area contributed by atoms with Crippen LogP contribution < -0.4 is 5.32 Å². The number of nitrogens with one attached hydrogen (secondary N) is 1. The Kier molecular flexibility index (Phi) is 4.94. The maximum Gasteiger partial charge on any atom is 0.0488 e. The maximum absolute atomic E-state index is 5.23. The summed E-state index contributed by atoms with van der Waals surface area (Å²) in [6.07, 6.45) is 1.09. The van der Waals surface area contributed by atoms with Gasteiger partial charge < -0.3 is 10.1 Å². The number of rotatable bonds is 6. The van der Waals surface area contributed by atoms with E-state index in [-0.39, 0.29) is 0 Å². The van der Waals surface area contributed by atoms with Crippen LogP contribution in [0.3, 0.4) is 0 Å². The van der Waals surface area contributed by atoms with Crippen LogP contribution in [0.5, 0.6) is 0 Å². The number of ether oxygens (including phenoxy) is 1. The molecule has 2 nitrogen and oxygen atoms in total. The Labute approximate surface area is 115 Å². The van der Waals surface area contributed by atoms with Crippen molar-refractivity contribution in [1.29, 1.82) is 0 Å². The predicted octanol–water partition coefficient (Wildman–Crippen LogP) is 3.77. The Bertz CT molecular complexity index is 523. The highest BCUT2D eigenvalue weighted by Crippen LogP contribution is 2.25. The molecule has 0 saturated heterocycles. The van der Waals surface area contributed by atoms with Crippen molar-refractivity contribution in [3.8, 4) is 0 Å². The zero-order chi connectivity index (χ0) is 13.7. The van der Waals surface area contributed by atoms with Crippen molar-refractivity contribution in [1.82, 2.24) is 5.32 Å². The highest BCUT2D eigenvalue weighted by molar-refractivity contribution is 5.83. The molecule has 0 amide bonds. The fourth-order valence-corrected chi connectivity index (χ4v) is 2.60. The van der Waals surface area contributed by atoms with Crippen molar-refractivity contribution in [2.24, 2.45) is 5.92 Å². The number of hydrogen-bond donors (Lipinski definition) is 1. The van der Waals surface area contributed by atoms with Gasteiger partial charge in [0.1, 0.15) is 0 Å². The van der Waals surface area contributed by atoms with Gasteiger partial charge in [-0.2, -0.15) is 0 Å². The molecule has 1 N–H and O–H groups in total. The average Bonchev–Trinajstić information content (AvgIpc) is 2.44. The molecule has 0 spiro atoms. The van der Waals surface area contributed by atoms with Gasteiger partial charge in [-0.15, -0.1) is 0 Å². The summed E-state index contributed by atoms with van der Waals surface area (Å²) in [4.78, 5) is 0. The van der Waals surface area contributed by atoms with Crippen molar-refractivity contribution < 1.29 is 4.74 Å². The summed E-state index contributed by atoms with van der Waals surface area (Å²) in [5, 5.41) is 6.02. The summed E-state index contributed by atoms with van der Waals surface area (Å²) >= 11 is 0. The molecule has 2 aromatic rings. The van der Waals surface area contributed by atoms with Gasteiger partial charge in [-0.1, -0.05) is 43.3 Å². The third-order valence-electron chi connectivity index (χ3n) is 3.61. The Morgan fingerprint density at radius 2 is 1.84 bits per heavy atom. The summed E-state index contributed by atoms with van der Waals surface area (Å²) in [6, 6.07) is 15.6. The van der Waals surface area contributed by atoms with Crippen LogP contribution in [0.2, 0.25) is 0 Å². The molecule has 0 heterocycles. The first-order chi connectivity index (χ1) is 9.24. The lowest BCUT2D eigenvalue weighted by molar-refractivity contribution is 0.150. The van der Waals surface area contributed by atoms with Crippen LogP contribution in [-0.4, -0.2) is 20.8 Å². The molecule has 0 aliphatic heterocycles. The van der Waals surface area contributed by atoms with E-state index in [4.69, 9.17) is 4.74 Å². The van der Waals surface area contributed by atoms with Crippen molar-refractivity contribution in [2.75, 3.05) is 20.8 Å². The molecule has 0 radical (unpaired) electrons. The molecule has 0 aliphatic rings. The zero-order valence-electron chi connectivity index (χ0n) is 12.0. The Morgan fingerprint density at radius 1 is 1.11 bits per heavy atom. The van der Waals surface area contributed by atoms with Gasteiger partial charge in [0.05, 0.1) is 0 Å². The Morgan fingerprint density at radius 3 is 2.53 bits per heavy atom. The molecule has 0 bridgehead atoms. The van der Waals surface area contributed by atoms with Crippen LogP contribution in [0.1, 0.15) is 24.9 Å². The fourth-order valence-electron chi connectivity index (χ4n) is 2.60. The first kappa shape index (κ1) is 14.0. The third kappa shape index (κ3) is 3.55. The summed E-state index contributed by atoms with van der Waals surface area (Å²) in [5.41, 5.74) is 1.35. The first-order valence-corrected chi connectivity index (χ1v) is 6.89. The second-order valence-corrected chi connectivity index (χ2v) is 5.24. The number of hydrogen-bond acceptors (Lipinski definition) is 2. The maximum atomic E-state index is 5.23. The monoisotopic (exact) mass is 257 g/mol. The number of benzene rings is 2. The van der Waals surface area contributed by atoms with E-state index in [1.165, 1.54) is 16.3 Å². The lowest BCUT2D eigenvalue weighted by Crippen LogP contribution is -2.20. The van der Waals surface area contributed by atoms with E-state index in [1.54, 1.807) is 7.11 Å². The van der Waals surface area contributed by atoms with Gasteiger partial charge in [-0.25, -0.2) is 0 Å². The summed E-state index contributed by atoms with van der Waals surface area (Å²) < 4.78 is 5.23. The van der Waals surface area contributed by atoms with Crippen molar-refractivity contribution in [2.45, 2.75) is 19.4 Å². The molecule has 19 heavy (non-hydrogen) atoms. The number of fused-ring (bicyclic) bond motifs is 1. The third-order valence-corrected chi connectivity index (χ3v) is 3.61. The Balaban J connectivity index is 2.20. The van der Waals surface area contributed by atoms with Gasteiger partial charge >= 0.3 is 0 Å². The topological polar surface area (TPSA) is 21.3 Å². The SMILES string of the molecule is CNC(CC(C)COC)c1ccc2ccccc2c1. The van der Waals surface area contributed by atoms with Gasteiger partial charge in [0.15, 0.2) is 0 Å². The fraction of sp³-hybridized carbons (Fsp3) is 0.412. The summed E-state index contributed by atoms with van der Waals surface area (Å²) in [5.74, 6) is 0.550. The van der Waals surface area contributed by atoms with Crippen molar-refractivity contribution in [3.63, 3.8) is 0 Å². The van der Waals surface area contributed by atoms with Crippen LogP contribution >= 0.6 is 0 Å². The minimum Gasteiger partial charge on any atom is -0.384 e. The van der Waals surface area contributed by atoms with E-state index < -0.39 is 0 Å². The second-order valence-electron chi connectivity index (χ2n) is 5.24.